The van der Waals surface area contributed by atoms with E-state index in [2.05, 4.69) is 5.32 Å². The van der Waals surface area contributed by atoms with Gasteiger partial charge in [0.25, 0.3) is 0 Å². The molecular weight excluding hydrogens is 495 g/mol. The van der Waals surface area contributed by atoms with Gasteiger partial charge in [0.15, 0.2) is 0 Å². The molecule has 0 spiro atoms. The summed E-state index contributed by atoms with van der Waals surface area (Å²) in [6.07, 6.45) is 5.39. The Morgan fingerprint density at radius 3 is 2.19 bits per heavy atom. The van der Waals surface area contributed by atoms with Gasteiger partial charge in [0.1, 0.15) is 18.4 Å². The third-order valence-electron chi connectivity index (χ3n) is 6.67. The minimum atomic E-state index is -4.01. The number of anilines is 1. The molecule has 37 heavy (non-hydrogen) atoms. The van der Waals surface area contributed by atoms with Crippen molar-refractivity contribution in [3.63, 3.8) is 0 Å². The van der Waals surface area contributed by atoms with E-state index in [0.717, 1.165) is 40.7 Å². The highest BCUT2D eigenvalue weighted by Crippen LogP contribution is 2.22. The van der Waals surface area contributed by atoms with E-state index < -0.39 is 34.5 Å². The number of halogens is 1. The molecule has 1 N–H and O–H groups in total. The first kappa shape index (κ1) is 28.6. The number of para-hydroxylation sites is 1. The number of carbonyl (C=O) groups is 2. The van der Waals surface area contributed by atoms with E-state index in [-0.39, 0.29) is 18.5 Å². The van der Waals surface area contributed by atoms with Crippen LogP contribution in [0.2, 0.25) is 0 Å². The van der Waals surface area contributed by atoms with Crippen LogP contribution in [-0.2, 0) is 26.3 Å². The van der Waals surface area contributed by atoms with Crippen molar-refractivity contribution in [1.82, 2.24) is 14.5 Å². The van der Waals surface area contributed by atoms with Crippen LogP contribution in [0, 0.1) is 5.82 Å². The smallest absolute Gasteiger partial charge is 0.304 e. The van der Waals surface area contributed by atoms with Gasteiger partial charge in [-0.2, -0.15) is 12.7 Å². The van der Waals surface area contributed by atoms with Crippen LogP contribution in [0.1, 0.15) is 51.0 Å². The Kier molecular flexibility index (Phi) is 10.0. The first-order chi connectivity index (χ1) is 17.6. The summed E-state index contributed by atoms with van der Waals surface area (Å²) < 4.78 is 42.0. The van der Waals surface area contributed by atoms with Gasteiger partial charge >= 0.3 is 10.2 Å². The lowest BCUT2D eigenvalue weighted by Crippen LogP contribution is -2.54. The van der Waals surface area contributed by atoms with Crippen molar-refractivity contribution in [3.05, 3.63) is 66.0 Å². The molecule has 1 atom stereocenters. The molecule has 2 aromatic rings. The molecule has 0 bridgehead atoms. The predicted octanol–water partition coefficient (Wildman–Crippen LogP) is 3.69. The van der Waals surface area contributed by atoms with Gasteiger partial charge < -0.3 is 10.2 Å². The second kappa shape index (κ2) is 13.0. The zero-order chi connectivity index (χ0) is 27.0. The minimum absolute atomic E-state index is 0.0420. The van der Waals surface area contributed by atoms with Crippen molar-refractivity contribution in [2.75, 3.05) is 24.9 Å². The van der Waals surface area contributed by atoms with Crippen molar-refractivity contribution in [3.8, 4) is 0 Å². The van der Waals surface area contributed by atoms with Gasteiger partial charge in [-0.05, 0) is 49.1 Å². The lowest BCUT2D eigenvalue weighted by atomic mass is 9.95. The van der Waals surface area contributed by atoms with Crippen molar-refractivity contribution in [1.29, 1.82) is 0 Å². The first-order valence-corrected chi connectivity index (χ1v) is 14.1. The summed E-state index contributed by atoms with van der Waals surface area (Å²) in [4.78, 5) is 28.6. The van der Waals surface area contributed by atoms with E-state index in [1.807, 2.05) is 6.92 Å². The van der Waals surface area contributed by atoms with Gasteiger partial charge in [0.05, 0.1) is 5.69 Å². The highest BCUT2D eigenvalue weighted by molar-refractivity contribution is 7.90. The third-order valence-corrected chi connectivity index (χ3v) is 8.49. The fraction of sp³-hybridized carbons (Fsp3) is 0.481. The quantitative estimate of drug-likeness (QED) is 0.478. The zero-order valence-corrected chi connectivity index (χ0v) is 22.6. The maximum atomic E-state index is 13.8. The molecule has 0 radical (unpaired) electrons. The Hall–Kier alpha value is -2.98. The van der Waals surface area contributed by atoms with Crippen LogP contribution in [0.15, 0.2) is 54.6 Å². The average molecular weight is 533 g/mol. The number of nitrogens with one attached hydrogen (secondary N) is 1. The van der Waals surface area contributed by atoms with E-state index in [0.29, 0.717) is 17.7 Å². The van der Waals surface area contributed by atoms with Crippen LogP contribution >= 0.6 is 0 Å². The number of carbonyl (C=O) groups excluding carboxylic acids is 2. The molecule has 202 valence electrons. The lowest BCUT2D eigenvalue weighted by Gasteiger charge is -2.35. The Bertz CT molecular complexity index is 1140. The van der Waals surface area contributed by atoms with Crippen LogP contribution in [0.4, 0.5) is 10.1 Å². The maximum Gasteiger partial charge on any atom is 0.304 e. The Balaban J connectivity index is 1.93. The average Bonchev–Trinajstić information content (AvgIpc) is 2.89. The topological polar surface area (TPSA) is 90.0 Å². The monoisotopic (exact) mass is 532 g/mol. The van der Waals surface area contributed by atoms with Gasteiger partial charge in [-0.15, -0.1) is 0 Å². The normalized spacial score (nSPS) is 15.3. The molecule has 0 saturated heterocycles. The molecule has 3 rings (SSSR count). The summed E-state index contributed by atoms with van der Waals surface area (Å²) in [5, 5.41) is 3.10. The Morgan fingerprint density at radius 2 is 1.62 bits per heavy atom. The fourth-order valence-electron chi connectivity index (χ4n) is 4.56. The van der Waals surface area contributed by atoms with Crippen molar-refractivity contribution >= 4 is 27.7 Å². The fourth-order valence-corrected chi connectivity index (χ4v) is 5.62. The highest BCUT2D eigenvalue weighted by atomic mass is 32.2. The van der Waals surface area contributed by atoms with Crippen LogP contribution in [0.25, 0.3) is 0 Å². The summed E-state index contributed by atoms with van der Waals surface area (Å²) in [7, 11) is -1.20. The third kappa shape index (κ3) is 7.52. The van der Waals surface area contributed by atoms with Crippen LogP contribution in [0.5, 0.6) is 0 Å². The molecule has 8 nitrogen and oxygen atoms in total. The van der Waals surface area contributed by atoms with Gasteiger partial charge in [0.2, 0.25) is 11.8 Å². The summed E-state index contributed by atoms with van der Waals surface area (Å²) in [5.74, 6) is -1.19. The number of nitrogens with zero attached hydrogens (tertiary/aromatic N) is 3. The highest BCUT2D eigenvalue weighted by Gasteiger charge is 2.34. The zero-order valence-electron chi connectivity index (χ0n) is 21.8. The molecule has 1 aliphatic carbocycles. The van der Waals surface area contributed by atoms with Crippen molar-refractivity contribution < 1.29 is 22.4 Å². The van der Waals surface area contributed by atoms with Crippen LogP contribution < -0.4 is 9.62 Å². The first-order valence-electron chi connectivity index (χ1n) is 12.7. The molecular formula is C27H37FN4O4S. The van der Waals surface area contributed by atoms with Crippen molar-refractivity contribution in [2.45, 2.75) is 64.1 Å². The van der Waals surface area contributed by atoms with Gasteiger partial charge in [-0.3, -0.25) is 9.59 Å². The molecule has 2 aromatic carbocycles. The van der Waals surface area contributed by atoms with E-state index >= 15 is 0 Å². The molecule has 2 amide bonds. The second-order valence-electron chi connectivity index (χ2n) is 9.55. The summed E-state index contributed by atoms with van der Waals surface area (Å²) in [6, 6.07) is 13.4. The van der Waals surface area contributed by atoms with Crippen LogP contribution in [-0.4, -0.2) is 62.2 Å². The second-order valence-corrected chi connectivity index (χ2v) is 11.6. The molecule has 0 aromatic heterocycles. The van der Waals surface area contributed by atoms with E-state index in [4.69, 9.17) is 0 Å². The predicted molar refractivity (Wildman–Crippen MR) is 142 cm³/mol. The number of benzene rings is 2. The van der Waals surface area contributed by atoms with E-state index in [9.17, 15) is 22.4 Å². The number of hydrogen-bond acceptors (Lipinski definition) is 4. The van der Waals surface area contributed by atoms with Crippen molar-refractivity contribution in [2.24, 2.45) is 0 Å². The molecule has 0 unspecified atom stereocenters. The number of hydrogen-bond donors (Lipinski definition) is 1. The molecule has 10 heteroatoms. The van der Waals surface area contributed by atoms with E-state index in [1.165, 1.54) is 31.1 Å². The summed E-state index contributed by atoms with van der Waals surface area (Å²) in [6.45, 7) is 1.38. The Labute approximate surface area is 219 Å². The SMILES string of the molecule is CC[C@@H](C(=O)NC1CCCCC1)N(Cc1ccc(F)cc1)C(=O)CN(c1ccccc1)S(=O)(=O)N(C)C. The summed E-state index contributed by atoms with van der Waals surface area (Å²) in [5.41, 5.74) is 0.978. The molecule has 1 fully saturated rings. The standard InChI is InChI=1S/C27H37FN4O4S/c1-4-25(27(34)29-23-11-7-5-8-12-23)31(19-21-15-17-22(28)18-16-21)26(33)20-32(37(35,36)30(2)3)24-13-9-6-10-14-24/h6,9-10,13-18,23,25H,4-5,7-8,11-12,19-20H2,1-3H3,(H,29,34)/t25-/m0/s1. The number of amides is 2. The minimum Gasteiger partial charge on any atom is -0.352 e. The number of rotatable bonds is 11. The molecule has 0 aliphatic heterocycles. The lowest BCUT2D eigenvalue weighted by molar-refractivity contribution is -0.140. The van der Waals surface area contributed by atoms with Gasteiger partial charge in [-0.25, -0.2) is 8.70 Å². The maximum absolute atomic E-state index is 13.8. The summed E-state index contributed by atoms with van der Waals surface area (Å²) >= 11 is 0. The van der Waals surface area contributed by atoms with Gasteiger partial charge in [-0.1, -0.05) is 56.5 Å². The molecule has 1 aliphatic rings. The molecule has 1 saturated carbocycles. The Morgan fingerprint density at radius 1 is 1.00 bits per heavy atom. The molecule has 0 heterocycles. The van der Waals surface area contributed by atoms with E-state index in [1.54, 1.807) is 42.5 Å². The van der Waals surface area contributed by atoms with Crippen LogP contribution in [0.3, 0.4) is 0 Å². The largest absolute Gasteiger partial charge is 0.352 e. The van der Waals surface area contributed by atoms with Gasteiger partial charge in [0, 0.05) is 26.7 Å².